The van der Waals surface area contributed by atoms with E-state index < -0.39 is 0 Å². The van der Waals surface area contributed by atoms with Gasteiger partial charge in [-0.3, -0.25) is 0 Å². The quantitative estimate of drug-likeness (QED) is 0.937. The fourth-order valence-electron chi connectivity index (χ4n) is 2.05. The van der Waals surface area contributed by atoms with E-state index in [1.807, 2.05) is 12.1 Å². The maximum absolute atomic E-state index is 5.68. The SMILES string of the molecule is Cc1cc(Br)ccc1N(c1ccnc(N)n1)C(C)C. The highest BCUT2D eigenvalue weighted by molar-refractivity contribution is 9.10. The summed E-state index contributed by atoms with van der Waals surface area (Å²) in [7, 11) is 0. The Morgan fingerprint density at radius 3 is 2.58 bits per heavy atom. The van der Waals surface area contributed by atoms with Gasteiger partial charge < -0.3 is 10.6 Å². The van der Waals surface area contributed by atoms with Gasteiger partial charge in [0.25, 0.3) is 0 Å². The van der Waals surface area contributed by atoms with Gasteiger partial charge in [-0.25, -0.2) is 4.98 Å². The van der Waals surface area contributed by atoms with Crippen LogP contribution in [-0.2, 0) is 0 Å². The highest BCUT2D eigenvalue weighted by Crippen LogP contribution is 2.31. The highest BCUT2D eigenvalue weighted by atomic mass is 79.9. The Hall–Kier alpha value is -1.62. The summed E-state index contributed by atoms with van der Waals surface area (Å²) in [5.74, 6) is 1.10. The molecule has 19 heavy (non-hydrogen) atoms. The summed E-state index contributed by atoms with van der Waals surface area (Å²) in [6, 6.07) is 8.35. The molecule has 1 aromatic carbocycles. The van der Waals surface area contributed by atoms with Crippen LogP contribution in [0.5, 0.6) is 0 Å². The van der Waals surface area contributed by atoms with Gasteiger partial charge in [-0.05, 0) is 50.6 Å². The molecule has 0 aliphatic carbocycles. The van der Waals surface area contributed by atoms with Crippen molar-refractivity contribution in [3.05, 3.63) is 40.5 Å². The van der Waals surface area contributed by atoms with Crippen molar-refractivity contribution in [2.24, 2.45) is 0 Å². The number of aromatic nitrogens is 2. The summed E-state index contributed by atoms with van der Waals surface area (Å²) >= 11 is 3.49. The van der Waals surface area contributed by atoms with Crippen LogP contribution in [0.4, 0.5) is 17.5 Å². The van der Waals surface area contributed by atoms with E-state index in [0.717, 1.165) is 16.0 Å². The lowest BCUT2D eigenvalue weighted by Gasteiger charge is -2.29. The van der Waals surface area contributed by atoms with Crippen molar-refractivity contribution in [3.8, 4) is 0 Å². The topological polar surface area (TPSA) is 55.0 Å². The van der Waals surface area contributed by atoms with Crippen LogP contribution in [0.2, 0.25) is 0 Å². The molecule has 0 spiro atoms. The number of anilines is 3. The van der Waals surface area contributed by atoms with Crippen LogP contribution >= 0.6 is 15.9 Å². The lowest BCUT2D eigenvalue weighted by atomic mass is 10.1. The second kappa shape index (κ2) is 5.57. The lowest BCUT2D eigenvalue weighted by molar-refractivity contribution is 0.774. The molecule has 5 heteroatoms. The molecule has 1 heterocycles. The van der Waals surface area contributed by atoms with Crippen molar-refractivity contribution in [1.29, 1.82) is 0 Å². The van der Waals surface area contributed by atoms with Crippen LogP contribution < -0.4 is 10.6 Å². The smallest absolute Gasteiger partial charge is 0.221 e. The molecule has 0 fully saturated rings. The third-order valence-electron chi connectivity index (χ3n) is 2.84. The molecular weight excluding hydrogens is 304 g/mol. The summed E-state index contributed by atoms with van der Waals surface area (Å²) in [4.78, 5) is 10.4. The first-order valence-electron chi connectivity index (χ1n) is 6.13. The van der Waals surface area contributed by atoms with Gasteiger partial charge in [-0.2, -0.15) is 4.98 Å². The predicted molar refractivity (Wildman–Crippen MR) is 82.6 cm³/mol. The summed E-state index contributed by atoms with van der Waals surface area (Å²) in [6.45, 7) is 6.33. The number of hydrogen-bond acceptors (Lipinski definition) is 4. The number of nitrogen functional groups attached to an aromatic ring is 1. The molecule has 0 saturated carbocycles. The Balaban J connectivity index is 2.52. The number of nitrogens with two attached hydrogens (primary N) is 1. The third-order valence-corrected chi connectivity index (χ3v) is 3.33. The fourth-order valence-corrected chi connectivity index (χ4v) is 2.53. The summed E-state index contributed by atoms with van der Waals surface area (Å²) in [5.41, 5.74) is 7.98. The van der Waals surface area contributed by atoms with Crippen LogP contribution in [0.25, 0.3) is 0 Å². The normalized spacial score (nSPS) is 10.8. The molecule has 0 saturated heterocycles. The van der Waals surface area contributed by atoms with Crippen LogP contribution in [-0.4, -0.2) is 16.0 Å². The molecule has 0 aliphatic rings. The van der Waals surface area contributed by atoms with Crippen molar-refractivity contribution < 1.29 is 0 Å². The van der Waals surface area contributed by atoms with Gasteiger partial charge in [-0.1, -0.05) is 15.9 Å². The Kier molecular flexibility index (Phi) is 4.04. The zero-order valence-electron chi connectivity index (χ0n) is 11.3. The summed E-state index contributed by atoms with van der Waals surface area (Å²) in [6.07, 6.45) is 1.68. The lowest BCUT2D eigenvalue weighted by Crippen LogP contribution is -2.27. The minimum Gasteiger partial charge on any atom is -0.368 e. The van der Waals surface area contributed by atoms with Gasteiger partial charge in [0.2, 0.25) is 5.95 Å². The molecule has 1 aromatic heterocycles. The molecule has 2 rings (SSSR count). The van der Waals surface area contributed by atoms with E-state index in [2.05, 4.69) is 63.7 Å². The van der Waals surface area contributed by atoms with Crippen molar-refractivity contribution in [3.63, 3.8) is 0 Å². The number of nitrogens with zero attached hydrogens (tertiary/aromatic N) is 3. The maximum atomic E-state index is 5.68. The fraction of sp³-hybridized carbons (Fsp3) is 0.286. The number of aryl methyl sites for hydroxylation is 1. The molecule has 0 unspecified atom stereocenters. The van der Waals surface area contributed by atoms with Crippen molar-refractivity contribution in [2.45, 2.75) is 26.8 Å². The van der Waals surface area contributed by atoms with Gasteiger partial charge in [-0.15, -0.1) is 0 Å². The second-order valence-electron chi connectivity index (χ2n) is 4.67. The van der Waals surface area contributed by atoms with E-state index in [4.69, 9.17) is 5.73 Å². The molecule has 2 N–H and O–H groups in total. The number of hydrogen-bond donors (Lipinski definition) is 1. The van der Waals surface area contributed by atoms with E-state index >= 15 is 0 Å². The molecule has 100 valence electrons. The van der Waals surface area contributed by atoms with Gasteiger partial charge in [0, 0.05) is 22.4 Å². The number of halogens is 1. The van der Waals surface area contributed by atoms with Crippen LogP contribution in [0, 0.1) is 6.92 Å². The summed E-state index contributed by atoms with van der Waals surface area (Å²) in [5, 5.41) is 0. The molecule has 0 atom stereocenters. The van der Waals surface area contributed by atoms with Gasteiger partial charge in [0.15, 0.2) is 0 Å². The first-order valence-corrected chi connectivity index (χ1v) is 6.92. The first-order chi connectivity index (χ1) is 8.99. The second-order valence-corrected chi connectivity index (χ2v) is 5.58. The zero-order valence-corrected chi connectivity index (χ0v) is 12.8. The van der Waals surface area contributed by atoms with Crippen LogP contribution in [0.3, 0.4) is 0 Å². The molecule has 0 amide bonds. The Morgan fingerprint density at radius 1 is 1.26 bits per heavy atom. The molecular formula is C14H17BrN4. The predicted octanol–water partition coefficient (Wildman–Crippen LogP) is 3.68. The van der Waals surface area contributed by atoms with E-state index in [1.165, 1.54) is 5.56 Å². The van der Waals surface area contributed by atoms with Crippen LogP contribution in [0.1, 0.15) is 19.4 Å². The number of benzene rings is 1. The first kappa shape index (κ1) is 13.8. The maximum Gasteiger partial charge on any atom is 0.221 e. The van der Waals surface area contributed by atoms with Crippen molar-refractivity contribution in [1.82, 2.24) is 9.97 Å². The van der Waals surface area contributed by atoms with E-state index in [9.17, 15) is 0 Å². The molecule has 0 aliphatic heterocycles. The van der Waals surface area contributed by atoms with Gasteiger partial charge in [0.1, 0.15) is 5.82 Å². The van der Waals surface area contributed by atoms with Crippen molar-refractivity contribution >= 4 is 33.4 Å². The monoisotopic (exact) mass is 320 g/mol. The average Bonchev–Trinajstić information content (AvgIpc) is 2.32. The standard InChI is InChI=1S/C14H17BrN4/c1-9(2)19(13-6-7-17-14(16)18-13)12-5-4-11(15)8-10(12)3/h4-9H,1-3H3,(H2,16,17,18). The Bertz CT molecular complexity index is 583. The van der Waals surface area contributed by atoms with Gasteiger partial charge in [0.05, 0.1) is 0 Å². The zero-order chi connectivity index (χ0) is 14.0. The highest BCUT2D eigenvalue weighted by Gasteiger charge is 2.16. The van der Waals surface area contributed by atoms with E-state index in [-0.39, 0.29) is 12.0 Å². The molecule has 0 radical (unpaired) electrons. The Morgan fingerprint density at radius 2 is 2.00 bits per heavy atom. The number of rotatable bonds is 3. The van der Waals surface area contributed by atoms with Crippen molar-refractivity contribution in [2.75, 3.05) is 10.6 Å². The minimum absolute atomic E-state index is 0.272. The van der Waals surface area contributed by atoms with Crippen LogP contribution in [0.15, 0.2) is 34.9 Å². The molecule has 2 aromatic rings. The van der Waals surface area contributed by atoms with E-state index in [0.29, 0.717) is 0 Å². The van der Waals surface area contributed by atoms with E-state index in [1.54, 1.807) is 6.20 Å². The molecule has 0 bridgehead atoms. The minimum atomic E-state index is 0.272. The summed E-state index contributed by atoms with van der Waals surface area (Å²) < 4.78 is 1.07. The Labute approximate surface area is 121 Å². The third kappa shape index (κ3) is 3.04. The average molecular weight is 321 g/mol. The van der Waals surface area contributed by atoms with Gasteiger partial charge >= 0.3 is 0 Å². The largest absolute Gasteiger partial charge is 0.368 e. The molecule has 4 nitrogen and oxygen atoms in total.